The van der Waals surface area contributed by atoms with Gasteiger partial charge in [-0.05, 0) is 46.3 Å². The van der Waals surface area contributed by atoms with Crippen LogP contribution in [0.25, 0.3) is 0 Å². The van der Waals surface area contributed by atoms with E-state index in [1.54, 1.807) is 25.4 Å². The van der Waals surface area contributed by atoms with Crippen molar-refractivity contribution in [2.75, 3.05) is 12.4 Å². The van der Waals surface area contributed by atoms with Gasteiger partial charge in [0.1, 0.15) is 11.6 Å². The van der Waals surface area contributed by atoms with Gasteiger partial charge in [0.25, 0.3) is 0 Å². The van der Waals surface area contributed by atoms with Crippen molar-refractivity contribution in [3.8, 4) is 5.75 Å². The van der Waals surface area contributed by atoms with Gasteiger partial charge < -0.3 is 10.1 Å². The monoisotopic (exact) mass is 312 g/mol. The van der Waals surface area contributed by atoms with Gasteiger partial charge in [-0.3, -0.25) is 0 Å². The molecule has 0 radical (unpaired) electrons. The lowest BCUT2D eigenvalue weighted by Gasteiger charge is -2.10. The standard InChI is InChI=1S/C12H10BrClN2O/c1-17-11-4-3-9(14)6-10(11)16-12-5-2-8(13)7-15-12/h2-7H,1H3,(H,15,16). The Morgan fingerprint density at radius 1 is 1.29 bits per heavy atom. The molecule has 0 amide bonds. The van der Waals surface area contributed by atoms with Crippen LogP contribution in [0.4, 0.5) is 11.5 Å². The van der Waals surface area contributed by atoms with E-state index in [0.717, 1.165) is 21.7 Å². The van der Waals surface area contributed by atoms with Gasteiger partial charge in [-0.2, -0.15) is 0 Å². The number of methoxy groups -OCH3 is 1. The molecule has 0 saturated heterocycles. The minimum Gasteiger partial charge on any atom is -0.495 e. The number of rotatable bonds is 3. The Labute approximate surface area is 113 Å². The van der Waals surface area contributed by atoms with Crippen LogP contribution >= 0.6 is 27.5 Å². The summed E-state index contributed by atoms with van der Waals surface area (Å²) in [5.41, 5.74) is 0.787. The van der Waals surface area contributed by atoms with Crippen molar-refractivity contribution < 1.29 is 4.74 Å². The molecular weight excluding hydrogens is 304 g/mol. The van der Waals surface area contributed by atoms with Crippen LogP contribution in [0, 0.1) is 0 Å². The first-order valence-electron chi connectivity index (χ1n) is 4.91. The number of benzene rings is 1. The molecule has 5 heteroatoms. The van der Waals surface area contributed by atoms with Crippen LogP contribution in [-0.4, -0.2) is 12.1 Å². The molecule has 3 nitrogen and oxygen atoms in total. The van der Waals surface area contributed by atoms with E-state index >= 15 is 0 Å². The number of ether oxygens (including phenoxy) is 1. The molecule has 1 heterocycles. The highest BCUT2D eigenvalue weighted by molar-refractivity contribution is 9.10. The quantitative estimate of drug-likeness (QED) is 0.920. The third-order valence-electron chi connectivity index (χ3n) is 2.15. The smallest absolute Gasteiger partial charge is 0.142 e. The SMILES string of the molecule is COc1ccc(Cl)cc1Nc1ccc(Br)cn1. The Balaban J connectivity index is 2.28. The van der Waals surface area contributed by atoms with Crippen molar-refractivity contribution in [2.45, 2.75) is 0 Å². The van der Waals surface area contributed by atoms with Crippen LogP contribution in [0.5, 0.6) is 5.75 Å². The summed E-state index contributed by atoms with van der Waals surface area (Å²) in [6.45, 7) is 0. The molecule has 0 aliphatic rings. The number of halogens is 2. The molecule has 1 N–H and O–H groups in total. The Morgan fingerprint density at radius 2 is 2.12 bits per heavy atom. The zero-order valence-corrected chi connectivity index (χ0v) is 11.4. The molecule has 0 fully saturated rings. The summed E-state index contributed by atoms with van der Waals surface area (Å²) in [6.07, 6.45) is 1.72. The number of pyridine rings is 1. The van der Waals surface area contributed by atoms with Gasteiger partial charge in [-0.1, -0.05) is 11.6 Å². The molecule has 0 unspecified atom stereocenters. The molecule has 1 aromatic carbocycles. The molecule has 1 aromatic heterocycles. The van der Waals surface area contributed by atoms with E-state index in [2.05, 4.69) is 26.2 Å². The second-order valence-electron chi connectivity index (χ2n) is 3.33. The third kappa shape index (κ3) is 3.11. The number of nitrogens with zero attached hydrogens (tertiary/aromatic N) is 1. The summed E-state index contributed by atoms with van der Waals surface area (Å²) in [5.74, 6) is 1.45. The average molecular weight is 314 g/mol. The van der Waals surface area contributed by atoms with Gasteiger partial charge in [0, 0.05) is 15.7 Å². The van der Waals surface area contributed by atoms with Crippen molar-refractivity contribution in [3.63, 3.8) is 0 Å². The number of hydrogen-bond donors (Lipinski definition) is 1. The van der Waals surface area contributed by atoms with Crippen molar-refractivity contribution in [2.24, 2.45) is 0 Å². The first kappa shape index (κ1) is 12.2. The molecular formula is C12H10BrClN2O. The van der Waals surface area contributed by atoms with E-state index in [1.807, 2.05) is 18.2 Å². The van der Waals surface area contributed by atoms with Gasteiger partial charge in [0.2, 0.25) is 0 Å². The largest absolute Gasteiger partial charge is 0.495 e. The highest BCUT2D eigenvalue weighted by Gasteiger charge is 2.04. The minimum atomic E-state index is 0.644. The maximum atomic E-state index is 5.94. The van der Waals surface area contributed by atoms with Gasteiger partial charge in [0.05, 0.1) is 12.8 Å². The normalized spacial score (nSPS) is 10.1. The Morgan fingerprint density at radius 3 is 2.76 bits per heavy atom. The van der Waals surface area contributed by atoms with Gasteiger partial charge in [-0.25, -0.2) is 4.98 Å². The molecule has 0 saturated carbocycles. The first-order chi connectivity index (χ1) is 8.19. The van der Waals surface area contributed by atoms with Crippen LogP contribution in [0.15, 0.2) is 41.0 Å². The van der Waals surface area contributed by atoms with E-state index in [-0.39, 0.29) is 0 Å². The number of anilines is 2. The second kappa shape index (κ2) is 5.38. The lowest BCUT2D eigenvalue weighted by atomic mass is 10.3. The van der Waals surface area contributed by atoms with Crippen molar-refractivity contribution >= 4 is 39.0 Å². The zero-order valence-electron chi connectivity index (χ0n) is 9.08. The molecule has 0 bridgehead atoms. The van der Waals surface area contributed by atoms with E-state index in [1.165, 1.54) is 0 Å². The second-order valence-corrected chi connectivity index (χ2v) is 4.68. The summed E-state index contributed by atoms with van der Waals surface area (Å²) >= 11 is 9.28. The molecule has 0 spiro atoms. The average Bonchev–Trinajstić information content (AvgIpc) is 2.32. The minimum absolute atomic E-state index is 0.644. The van der Waals surface area contributed by atoms with E-state index < -0.39 is 0 Å². The number of aromatic nitrogens is 1. The third-order valence-corrected chi connectivity index (χ3v) is 2.86. The molecule has 88 valence electrons. The molecule has 2 rings (SSSR count). The highest BCUT2D eigenvalue weighted by Crippen LogP contribution is 2.29. The summed E-state index contributed by atoms with van der Waals surface area (Å²) in [4.78, 5) is 4.22. The van der Waals surface area contributed by atoms with Crippen LogP contribution in [0.2, 0.25) is 5.02 Å². The van der Waals surface area contributed by atoms with Crippen LogP contribution in [0.1, 0.15) is 0 Å². The van der Waals surface area contributed by atoms with Crippen LogP contribution in [-0.2, 0) is 0 Å². The predicted molar refractivity (Wildman–Crippen MR) is 73.2 cm³/mol. The fourth-order valence-electron chi connectivity index (χ4n) is 1.37. The topological polar surface area (TPSA) is 34.1 Å². The Bertz CT molecular complexity index is 516. The van der Waals surface area contributed by atoms with Crippen LogP contribution < -0.4 is 10.1 Å². The van der Waals surface area contributed by atoms with E-state index in [0.29, 0.717) is 5.02 Å². The molecule has 0 aliphatic carbocycles. The van der Waals surface area contributed by atoms with Crippen molar-refractivity contribution in [1.82, 2.24) is 4.98 Å². The Kier molecular flexibility index (Phi) is 3.86. The fraction of sp³-hybridized carbons (Fsp3) is 0.0833. The molecule has 2 aromatic rings. The molecule has 17 heavy (non-hydrogen) atoms. The highest BCUT2D eigenvalue weighted by atomic mass is 79.9. The maximum absolute atomic E-state index is 5.94. The lowest BCUT2D eigenvalue weighted by Crippen LogP contribution is -1.96. The summed E-state index contributed by atoms with van der Waals surface area (Å²) in [7, 11) is 1.61. The summed E-state index contributed by atoms with van der Waals surface area (Å²) < 4.78 is 6.17. The van der Waals surface area contributed by atoms with Gasteiger partial charge in [0.15, 0.2) is 0 Å². The zero-order chi connectivity index (χ0) is 12.3. The van der Waals surface area contributed by atoms with E-state index in [4.69, 9.17) is 16.3 Å². The summed E-state index contributed by atoms with van der Waals surface area (Å²) in [5, 5.41) is 3.79. The summed E-state index contributed by atoms with van der Waals surface area (Å²) in [6, 6.07) is 9.16. The fourth-order valence-corrected chi connectivity index (χ4v) is 1.77. The first-order valence-corrected chi connectivity index (χ1v) is 6.08. The van der Waals surface area contributed by atoms with Gasteiger partial charge in [-0.15, -0.1) is 0 Å². The molecule has 0 atom stereocenters. The van der Waals surface area contributed by atoms with E-state index in [9.17, 15) is 0 Å². The molecule has 0 aliphatic heterocycles. The van der Waals surface area contributed by atoms with Crippen molar-refractivity contribution in [1.29, 1.82) is 0 Å². The number of nitrogens with one attached hydrogen (secondary N) is 1. The lowest BCUT2D eigenvalue weighted by molar-refractivity contribution is 0.417. The predicted octanol–water partition coefficient (Wildman–Crippen LogP) is 4.25. The maximum Gasteiger partial charge on any atom is 0.142 e. The number of hydrogen-bond acceptors (Lipinski definition) is 3. The van der Waals surface area contributed by atoms with Crippen molar-refractivity contribution in [3.05, 3.63) is 46.0 Å². The van der Waals surface area contributed by atoms with Gasteiger partial charge >= 0.3 is 0 Å². The Hall–Kier alpha value is -1.26. The van der Waals surface area contributed by atoms with Crippen LogP contribution in [0.3, 0.4) is 0 Å².